The predicted molar refractivity (Wildman–Crippen MR) is 105 cm³/mol. The summed E-state index contributed by atoms with van der Waals surface area (Å²) in [4.78, 5) is 18.5. The molecule has 0 aliphatic heterocycles. The number of hydrogen-bond donors (Lipinski definition) is 0. The third-order valence-electron chi connectivity index (χ3n) is 3.78. The summed E-state index contributed by atoms with van der Waals surface area (Å²) in [6, 6.07) is 14.8. The number of amides is 1. The number of rotatable bonds is 5. The molecule has 3 aromatic rings. The number of hydrogen-bond acceptors (Lipinski definition) is 3. The highest BCUT2D eigenvalue weighted by molar-refractivity contribution is 6.34. The van der Waals surface area contributed by atoms with Gasteiger partial charge in [0.15, 0.2) is 0 Å². The van der Waals surface area contributed by atoms with E-state index in [0.29, 0.717) is 22.3 Å². The molecule has 138 valence electrons. The van der Waals surface area contributed by atoms with Gasteiger partial charge >= 0.3 is 0 Å². The van der Waals surface area contributed by atoms with Crippen LogP contribution in [-0.2, 0) is 0 Å². The first kappa shape index (κ1) is 19.1. The van der Waals surface area contributed by atoms with Gasteiger partial charge in [0.2, 0.25) is 5.88 Å². The van der Waals surface area contributed by atoms with Crippen LogP contribution in [0.2, 0.25) is 10.0 Å². The zero-order valence-corrected chi connectivity index (χ0v) is 15.8. The van der Waals surface area contributed by atoms with Crippen LogP contribution in [0, 0.1) is 5.82 Å². The molecule has 0 saturated heterocycles. The number of pyridine rings is 1. The highest BCUT2D eigenvalue weighted by Gasteiger charge is 2.23. The van der Waals surface area contributed by atoms with E-state index in [2.05, 4.69) is 4.98 Å². The lowest BCUT2D eigenvalue weighted by Crippen LogP contribution is -2.31. The van der Waals surface area contributed by atoms with Crippen molar-refractivity contribution in [3.8, 4) is 11.6 Å². The molecule has 0 aliphatic rings. The van der Waals surface area contributed by atoms with Crippen LogP contribution < -0.4 is 9.64 Å². The Morgan fingerprint density at radius 3 is 2.59 bits per heavy atom. The smallest absolute Gasteiger partial charge is 0.263 e. The van der Waals surface area contributed by atoms with Gasteiger partial charge in [0.25, 0.3) is 5.91 Å². The quantitative estimate of drug-likeness (QED) is 0.524. The van der Waals surface area contributed by atoms with Gasteiger partial charge in [-0.3, -0.25) is 4.79 Å². The highest BCUT2D eigenvalue weighted by Crippen LogP contribution is 2.33. The SMILES string of the molecule is CCN(C(=O)c1cc(F)cnc1Oc1cc(Cl)ccc1Cl)c1ccccc1. The molecule has 1 heterocycles. The van der Waals surface area contributed by atoms with Crippen LogP contribution in [0.5, 0.6) is 11.6 Å². The van der Waals surface area contributed by atoms with E-state index >= 15 is 0 Å². The third-order valence-corrected chi connectivity index (χ3v) is 4.32. The molecule has 0 bridgehead atoms. The molecular weight excluding hydrogens is 390 g/mol. The molecule has 3 rings (SSSR count). The van der Waals surface area contributed by atoms with Gasteiger partial charge < -0.3 is 9.64 Å². The average molecular weight is 405 g/mol. The van der Waals surface area contributed by atoms with Crippen LogP contribution >= 0.6 is 23.2 Å². The Morgan fingerprint density at radius 2 is 1.89 bits per heavy atom. The molecule has 4 nitrogen and oxygen atoms in total. The van der Waals surface area contributed by atoms with Gasteiger partial charge in [-0.2, -0.15) is 0 Å². The van der Waals surface area contributed by atoms with E-state index in [4.69, 9.17) is 27.9 Å². The van der Waals surface area contributed by atoms with Gasteiger partial charge in [-0.05, 0) is 37.3 Å². The van der Waals surface area contributed by atoms with Crippen molar-refractivity contribution < 1.29 is 13.9 Å². The highest BCUT2D eigenvalue weighted by atomic mass is 35.5. The fourth-order valence-corrected chi connectivity index (χ4v) is 2.84. The van der Waals surface area contributed by atoms with E-state index in [1.54, 1.807) is 24.3 Å². The molecule has 2 aromatic carbocycles. The molecular formula is C20H15Cl2FN2O2. The molecule has 0 aliphatic carbocycles. The molecule has 0 N–H and O–H groups in total. The van der Waals surface area contributed by atoms with Crippen molar-refractivity contribution in [2.75, 3.05) is 11.4 Å². The van der Waals surface area contributed by atoms with Crippen LogP contribution in [-0.4, -0.2) is 17.4 Å². The summed E-state index contributed by atoms with van der Waals surface area (Å²) < 4.78 is 19.5. The Balaban J connectivity index is 2.01. The summed E-state index contributed by atoms with van der Waals surface area (Å²) in [5.74, 6) is -0.920. The molecule has 0 fully saturated rings. The van der Waals surface area contributed by atoms with E-state index in [1.165, 1.54) is 11.0 Å². The Morgan fingerprint density at radius 1 is 1.15 bits per heavy atom. The monoisotopic (exact) mass is 404 g/mol. The van der Waals surface area contributed by atoms with Crippen LogP contribution in [0.3, 0.4) is 0 Å². The summed E-state index contributed by atoms with van der Waals surface area (Å²) in [6.45, 7) is 2.21. The number of para-hydroxylation sites is 1. The fraction of sp³-hybridized carbons (Fsp3) is 0.100. The topological polar surface area (TPSA) is 42.4 Å². The van der Waals surface area contributed by atoms with Crippen molar-refractivity contribution in [3.63, 3.8) is 0 Å². The van der Waals surface area contributed by atoms with E-state index in [1.807, 2.05) is 25.1 Å². The molecule has 7 heteroatoms. The first-order valence-electron chi connectivity index (χ1n) is 8.15. The molecule has 27 heavy (non-hydrogen) atoms. The van der Waals surface area contributed by atoms with E-state index in [9.17, 15) is 9.18 Å². The van der Waals surface area contributed by atoms with E-state index < -0.39 is 11.7 Å². The number of aromatic nitrogens is 1. The van der Waals surface area contributed by atoms with Crippen molar-refractivity contribution >= 4 is 34.8 Å². The molecule has 0 atom stereocenters. The predicted octanol–water partition coefficient (Wildman–Crippen LogP) is 5.99. The summed E-state index contributed by atoms with van der Waals surface area (Å²) in [6.07, 6.45) is 0.976. The number of nitrogens with zero attached hydrogens (tertiary/aromatic N) is 2. The minimum Gasteiger partial charge on any atom is -0.437 e. The van der Waals surface area contributed by atoms with Gasteiger partial charge in [0, 0.05) is 23.3 Å². The number of ether oxygens (including phenoxy) is 1. The van der Waals surface area contributed by atoms with Gasteiger partial charge in [0.05, 0.1) is 11.2 Å². The summed E-state index contributed by atoms with van der Waals surface area (Å²) in [5, 5.41) is 0.697. The Kier molecular flexibility index (Phi) is 5.94. The molecule has 0 radical (unpaired) electrons. The average Bonchev–Trinajstić information content (AvgIpc) is 2.67. The van der Waals surface area contributed by atoms with Crippen molar-refractivity contribution in [2.45, 2.75) is 6.92 Å². The van der Waals surface area contributed by atoms with Gasteiger partial charge in [-0.1, -0.05) is 41.4 Å². The Hall–Kier alpha value is -2.63. The largest absolute Gasteiger partial charge is 0.437 e. The Bertz CT molecular complexity index is 967. The second-order valence-corrected chi connectivity index (χ2v) is 6.41. The van der Waals surface area contributed by atoms with Crippen molar-refractivity contribution in [2.24, 2.45) is 0 Å². The standard InChI is InChI=1S/C20H15Cl2FN2O2/c1-2-25(15-6-4-3-5-7-15)20(26)16-11-14(23)12-24-19(16)27-18-10-13(21)8-9-17(18)22/h3-12H,2H2,1H3. The van der Waals surface area contributed by atoms with Crippen molar-refractivity contribution in [3.05, 3.63) is 82.2 Å². The number of carbonyl (C=O) groups excluding carboxylic acids is 1. The number of benzene rings is 2. The summed E-state index contributed by atoms with van der Waals surface area (Å²) >= 11 is 12.1. The lowest BCUT2D eigenvalue weighted by atomic mass is 10.2. The van der Waals surface area contributed by atoms with Gasteiger partial charge in [-0.15, -0.1) is 0 Å². The second kappa shape index (κ2) is 8.37. The number of anilines is 1. The van der Waals surface area contributed by atoms with Crippen LogP contribution in [0.15, 0.2) is 60.8 Å². The zero-order chi connectivity index (χ0) is 19.4. The van der Waals surface area contributed by atoms with E-state index in [-0.39, 0.29) is 17.2 Å². The maximum atomic E-state index is 13.8. The molecule has 1 amide bonds. The normalized spacial score (nSPS) is 10.5. The van der Waals surface area contributed by atoms with Crippen LogP contribution in [0.1, 0.15) is 17.3 Å². The molecule has 1 aromatic heterocycles. The van der Waals surface area contributed by atoms with Crippen molar-refractivity contribution in [1.82, 2.24) is 4.98 Å². The lowest BCUT2D eigenvalue weighted by molar-refractivity contribution is 0.0985. The van der Waals surface area contributed by atoms with Gasteiger partial charge in [0.1, 0.15) is 17.1 Å². The first-order valence-corrected chi connectivity index (χ1v) is 8.90. The third kappa shape index (κ3) is 4.38. The summed E-state index contributed by atoms with van der Waals surface area (Å²) in [5.41, 5.74) is 0.665. The molecule has 0 saturated carbocycles. The Labute approximate surface area is 166 Å². The maximum absolute atomic E-state index is 13.8. The molecule has 0 spiro atoms. The van der Waals surface area contributed by atoms with Crippen LogP contribution in [0.4, 0.5) is 10.1 Å². The van der Waals surface area contributed by atoms with Crippen LogP contribution in [0.25, 0.3) is 0 Å². The second-order valence-electron chi connectivity index (χ2n) is 5.57. The zero-order valence-electron chi connectivity index (χ0n) is 14.3. The summed E-state index contributed by atoms with van der Waals surface area (Å²) in [7, 11) is 0. The molecule has 0 unspecified atom stereocenters. The maximum Gasteiger partial charge on any atom is 0.263 e. The van der Waals surface area contributed by atoms with Crippen molar-refractivity contribution in [1.29, 1.82) is 0 Å². The fourth-order valence-electron chi connectivity index (χ4n) is 2.52. The first-order chi connectivity index (χ1) is 13.0. The van der Waals surface area contributed by atoms with E-state index in [0.717, 1.165) is 12.3 Å². The number of halogens is 3. The minimum atomic E-state index is -0.646. The number of carbonyl (C=O) groups is 1. The lowest BCUT2D eigenvalue weighted by Gasteiger charge is -2.22. The minimum absolute atomic E-state index is 0.0169. The van der Waals surface area contributed by atoms with Gasteiger partial charge in [-0.25, -0.2) is 9.37 Å².